The highest BCUT2D eigenvalue weighted by atomic mass is 19.4. The molecule has 29 heavy (non-hydrogen) atoms. The molecule has 0 saturated carbocycles. The summed E-state index contributed by atoms with van der Waals surface area (Å²) in [6, 6.07) is 9.98. The SMILES string of the molecule is CNN1CCC(N2CCc3ccc(Oc4ccc(C(F)(F)F)cc4)cc3C2=O)C1. The van der Waals surface area contributed by atoms with Crippen molar-refractivity contribution in [3.05, 3.63) is 59.2 Å². The Hall–Kier alpha value is -2.58. The monoisotopic (exact) mass is 405 g/mol. The van der Waals surface area contributed by atoms with Gasteiger partial charge in [-0.1, -0.05) is 6.07 Å². The summed E-state index contributed by atoms with van der Waals surface area (Å²) in [6.45, 7) is 2.38. The fourth-order valence-electron chi connectivity index (χ4n) is 3.93. The van der Waals surface area contributed by atoms with Gasteiger partial charge >= 0.3 is 6.18 Å². The van der Waals surface area contributed by atoms with Gasteiger partial charge in [0, 0.05) is 31.2 Å². The lowest BCUT2D eigenvalue weighted by Gasteiger charge is -2.33. The van der Waals surface area contributed by atoms with Gasteiger partial charge in [-0.25, -0.2) is 5.01 Å². The molecule has 1 fully saturated rings. The minimum Gasteiger partial charge on any atom is -0.457 e. The van der Waals surface area contributed by atoms with Crippen molar-refractivity contribution in [1.82, 2.24) is 15.3 Å². The highest BCUT2D eigenvalue weighted by Crippen LogP contribution is 2.33. The Balaban J connectivity index is 1.50. The first-order valence-corrected chi connectivity index (χ1v) is 9.56. The van der Waals surface area contributed by atoms with Crippen LogP contribution in [0.5, 0.6) is 11.5 Å². The lowest BCUT2D eigenvalue weighted by atomic mass is 9.97. The van der Waals surface area contributed by atoms with Crippen molar-refractivity contribution in [3.63, 3.8) is 0 Å². The molecule has 2 aromatic carbocycles. The lowest BCUT2D eigenvalue weighted by Crippen LogP contribution is -2.46. The van der Waals surface area contributed by atoms with Gasteiger partial charge in [0.1, 0.15) is 11.5 Å². The number of hydrazine groups is 1. The molecular weight excluding hydrogens is 383 g/mol. The van der Waals surface area contributed by atoms with Crippen LogP contribution in [0.3, 0.4) is 0 Å². The van der Waals surface area contributed by atoms with Crippen molar-refractivity contribution in [2.75, 3.05) is 26.7 Å². The summed E-state index contributed by atoms with van der Waals surface area (Å²) in [5.41, 5.74) is 3.96. The molecule has 0 spiro atoms. The number of rotatable bonds is 4. The molecule has 1 atom stereocenters. The summed E-state index contributed by atoms with van der Waals surface area (Å²) in [5.74, 6) is 0.701. The van der Waals surface area contributed by atoms with Crippen LogP contribution in [0.4, 0.5) is 13.2 Å². The predicted molar refractivity (Wildman–Crippen MR) is 102 cm³/mol. The van der Waals surface area contributed by atoms with Gasteiger partial charge in [0.25, 0.3) is 5.91 Å². The largest absolute Gasteiger partial charge is 0.457 e. The van der Waals surface area contributed by atoms with Gasteiger partial charge in [-0.15, -0.1) is 0 Å². The normalized spacial score (nSPS) is 20.1. The van der Waals surface area contributed by atoms with Crippen LogP contribution in [0.2, 0.25) is 0 Å². The summed E-state index contributed by atoms with van der Waals surface area (Å²) in [7, 11) is 1.88. The van der Waals surface area contributed by atoms with E-state index >= 15 is 0 Å². The smallest absolute Gasteiger partial charge is 0.416 e. The highest BCUT2D eigenvalue weighted by Gasteiger charge is 2.34. The van der Waals surface area contributed by atoms with Crippen molar-refractivity contribution in [2.45, 2.75) is 25.1 Å². The van der Waals surface area contributed by atoms with Gasteiger partial charge in [-0.3, -0.25) is 10.2 Å². The minimum absolute atomic E-state index is 0.0212. The number of halogens is 3. The molecule has 0 bridgehead atoms. The van der Waals surface area contributed by atoms with E-state index < -0.39 is 11.7 Å². The molecular formula is C21H22F3N3O2. The van der Waals surface area contributed by atoms with Gasteiger partial charge < -0.3 is 9.64 Å². The van der Waals surface area contributed by atoms with E-state index in [4.69, 9.17) is 4.74 Å². The second-order valence-electron chi connectivity index (χ2n) is 7.30. The maximum Gasteiger partial charge on any atom is 0.416 e. The number of ether oxygens (including phenoxy) is 1. The number of hydrogen-bond acceptors (Lipinski definition) is 4. The van der Waals surface area contributed by atoms with Crippen LogP contribution >= 0.6 is 0 Å². The number of benzene rings is 2. The molecule has 2 aliphatic heterocycles. The number of hydrogen-bond donors (Lipinski definition) is 1. The molecule has 0 aliphatic carbocycles. The molecule has 1 unspecified atom stereocenters. The third kappa shape index (κ3) is 4.09. The third-order valence-electron chi connectivity index (χ3n) is 5.53. The number of amides is 1. The number of carbonyl (C=O) groups is 1. The summed E-state index contributed by atoms with van der Waals surface area (Å²) < 4.78 is 43.8. The summed E-state index contributed by atoms with van der Waals surface area (Å²) in [6.07, 6.45) is -2.69. The molecule has 2 heterocycles. The number of nitrogens with one attached hydrogen (secondary N) is 1. The molecule has 1 N–H and O–H groups in total. The molecule has 2 aliphatic rings. The Morgan fingerprint density at radius 1 is 1.07 bits per heavy atom. The lowest BCUT2D eigenvalue weighted by molar-refractivity contribution is -0.137. The van der Waals surface area contributed by atoms with Gasteiger partial charge in [0.2, 0.25) is 0 Å². The van der Waals surface area contributed by atoms with Crippen molar-refractivity contribution >= 4 is 5.91 Å². The molecule has 1 amide bonds. The minimum atomic E-state index is -4.39. The first-order valence-electron chi connectivity index (χ1n) is 9.56. The number of carbonyl (C=O) groups excluding carboxylic acids is 1. The maximum atomic E-state index is 13.1. The second kappa shape index (κ2) is 7.68. The molecule has 8 heteroatoms. The first kappa shape index (κ1) is 19.7. The van der Waals surface area contributed by atoms with Crippen molar-refractivity contribution in [1.29, 1.82) is 0 Å². The number of alkyl halides is 3. The van der Waals surface area contributed by atoms with Crippen LogP contribution in [0, 0.1) is 0 Å². The quantitative estimate of drug-likeness (QED) is 0.843. The maximum absolute atomic E-state index is 13.1. The van der Waals surface area contributed by atoms with Gasteiger partial charge in [-0.05, 0) is 61.9 Å². The summed E-state index contributed by atoms with van der Waals surface area (Å²) in [5, 5.41) is 2.09. The Labute approximate surface area is 167 Å². The zero-order valence-corrected chi connectivity index (χ0v) is 16.0. The topological polar surface area (TPSA) is 44.8 Å². The van der Waals surface area contributed by atoms with Crippen LogP contribution in [0.15, 0.2) is 42.5 Å². The van der Waals surface area contributed by atoms with Crippen LogP contribution < -0.4 is 10.2 Å². The number of fused-ring (bicyclic) bond motifs is 1. The van der Waals surface area contributed by atoms with E-state index in [1.54, 1.807) is 12.1 Å². The molecule has 1 saturated heterocycles. The number of nitrogens with zero attached hydrogens (tertiary/aromatic N) is 2. The van der Waals surface area contributed by atoms with Crippen LogP contribution in [-0.2, 0) is 12.6 Å². The average molecular weight is 405 g/mol. The van der Waals surface area contributed by atoms with E-state index in [1.807, 2.05) is 18.0 Å². The van der Waals surface area contributed by atoms with Crippen molar-refractivity contribution in [2.24, 2.45) is 0 Å². The Morgan fingerprint density at radius 2 is 1.79 bits per heavy atom. The predicted octanol–water partition coefficient (Wildman–Crippen LogP) is 3.70. The Kier molecular flexibility index (Phi) is 5.23. The Morgan fingerprint density at radius 3 is 2.45 bits per heavy atom. The average Bonchev–Trinajstić information content (AvgIpc) is 3.17. The molecule has 4 rings (SSSR count). The Bertz CT molecular complexity index is 899. The van der Waals surface area contributed by atoms with Crippen LogP contribution in [0.1, 0.15) is 27.9 Å². The van der Waals surface area contributed by atoms with Crippen LogP contribution in [0.25, 0.3) is 0 Å². The van der Waals surface area contributed by atoms with E-state index in [1.165, 1.54) is 12.1 Å². The van der Waals surface area contributed by atoms with E-state index in [0.29, 0.717) is 23.6 Å². The highest BCUT2D eigenvalue weighted by molar-refractivity contribution is 5.97. The molecule has 154 valence electrons. The molecule has 0 aromatic heterocycles. The zero-order chi connectivity index (χ0) is 20.6. The van der Waals surface area contributed by atoms with Gasteiger partial charge in [0.05, 0.1) is 5.56 Å². The standard InChI is InChI=1S/C21H22F3N3O2/c1-25-26-10-9-16(13-26)27-11-8-14-2-5-18(12-19(14)20(27)28)29-17-6-3-15(4-7-17)21(22,23)24/h2-7,12,16,25H,8-11,13H2,1H3. The summed E-state index contributed by atoms with van der Waals surface area (Å²) >= 11 is 0. The van der Waals surface area contributed by atoms with Crippen molar-refractivity contribution in [3.8, 4) is 11.5 Å². The zero-order valence-electron chi connectivity index (χ0n) is 16.0. The van der Waals surface area contributed by atoms with E-state index in [0.717, 1.165) is 43.6 Å². The molecule has 5 nitrogen and oxygen atoms in total. The molecule has 2 aromatic rings. The van der Waals surface area contributed by atoms with Gasteiger partial charge in [-0.2, -0.15) is 13.2 Å². The van der Waals surface area contributed by atoms with E-state index in [-0.39, 0.29) is 11.9 Å². The van der Waals surface area contributed by atoms with Gasteiger partial charge in [0.15, 0.2) is 0 Å². The van der Waals surface area contributed by atoms with Crippen molar-refractivity contribution < 1.29 is 22.7 Å². The van der Waals surface area contributed by atoms with E-state index in [2.05, 4.69) is 10.4 Å². The third-order valence-corrected chi connectivity index (χ3v) is 5.53. The van der Waals surface area contributed by atoms with E-state index in [9.17, 15) is 18.0 Å². The molecule has 0 radical (unpaired) electrons. The van der Waals surface area contributed by atoms with Crippen LogP contribution in [-0.4, -0.2) is 48.5 Å². The fraction of sp³-hybridized carbons (Fsp3) is 0.381. The fourth-order valence-corrected chi connectivity index (χ4v) is 3.93. The second-order valence-corrected chi connectivity index (χ2v) is 7.30. The summed E-state index contributed by atoms with van der Waals surface area (Å²) in [4.78, 5) is 15.0. The first-order chi connectivity index (χ1) is 13.8.